The second kappa shape index (κ2) is 5.61. The van der Waals surface area contributed by atoms with Gasteiger partial charge in [0.25, 0.3) is 0 Å². The fourth-order valence-corrected chi connectivity index (χ4v) is 1.57. The highest BCUT2D eigenvalue weighted by Gasteiger charge is 2.06. The number of ether oxygens (including phenoxy) is 1. The number of hydrogen-bond acceptors (Lipinski definition) is 5. The van der Waals surface area contributed by atoms with E-state index in [9.17, 15) is 4.79 Å². The van der Waals surface area contributed by atoms with Gasteiger partial charge < -0.3 is 20.2 Å². The largest absolute Gasteiger partial charge is 0.441 e. The molecule has 1 aromatic heterocycles. The Labute approximate surface area is 104 Å². The number of hydrogen-bond donors (Lipinski definition) is 2. The molecule has 0 aliphatic rings. The van der Waals surface area contributed by atoms with Crippen molar-refractivity contribution in [3.05, 3.63) is 24.1 Å². The quantitative estimate of drug-likeness (QED) is 0.773. The third-order valence-corrected chi connectivity index (χ3v) is 2.27. The molecule has 0 atom stereocenters. The zero-order valence-corrected chi connectivity index (χ0v) is 10.1. The summed E-state index contributed by atoms with van der Waals surface area (Å²) in [5.74, 6) is 0.378. The first-order chi connectivity index (χ1) is 8.69. The van der Waals surface area contributed by atoms with Gasteiger partial charge in [0.05, 0.1) is 6.61 Å². The van der Waals surface area contributed by atoms with Crippen LogP contribution in [-0.4, -0.2) is 30.6 Å². The van der Waals surface area contributed by atoms with Crippen molar-refractivity contribution >= 4 is 22.7 Å². The number of aryl methyl sites for hydroxylation is 1. The molecule has 6 heteroatoms. The molecule has 2 rings (SSSR count). The SMILES string of the molecule is Cc1nc2cc(NC(=O)COCCN)ccc2o1. The average Bonchev–Trinajstić information content (AvgIpc) is 2.69. The van der Waals surface area contributed by atoms with Gasteiger partial charge in [0, 0.05) is 19.2 Å². The summed E-state index contributed by atoms with van der Waals surface area (Å²) in [6, 6.07) is 5.28. The van der Waals surface area contributed by atoms with Crippen molar-refractivity contribution in [3.63, 3.8) is 0 Å². The van der Waals surface area contributed by atoms with Crippen LogP contribution < -0.4 is 11.1 Å². The first kappa shape index (κ1) is 12.5. The van der Waals surface area contributed by atoms with E-state index in [1.165, 1.54) is 0 Å². The maximum atomic E-state index is 11.5. The van der Waals surface area contributed by atoms with E-state index >= 15 is 0 Å². The van der Waals surface area contributed by atoms with Gasteiger partial charge in [0.1, 0.15) is 12.1 Å². The molecule has 0 bridgehead atoms. The van der Waals surface area contributed by atoms with E-state index < -0.39 is 0 Å². The molecule has 2 aromatic rings. The molecule has 6 nitrogen and oxygen atoms in total. The maximum absolute atomic E-state index is 11.5. The number of oxazole rings is 1. The number of nitrogens with zero attached hydrogens (tertiary/aromatic N) is 1. The molecule has 0 radical (unpaired) electrons. The van der Waals surface area contributed by atoms with Gasteiger partial charge >= 0.3 is 0 Å². The monoisotopic (exact) mass is 249 g/mol. The molecular formula is C12H15N3O3. The number of aromatic nitrogens is 1. The summed E-state index contributed by atoms with van der Waals surface area (Å²) >= 11 is 0. The molecular weight excluding hydrogens is 234 g/mol. The van der Waals surface area contributed by atoms with Gasteiger partial charge in [0.2, 0.25) is 5.91 Å². The van der Waals surface area contributed by atoms with E-state index in [0.717, 1.165) is 0 Å². The number of anilines is 1. The molecule has 0 unspecified atom stereocenters. The van der Waals surface area contributed by atoms with Crippen LogP contribution in [0.2, 0.25) is 0 Å². The van der Waals surface area contributed by atoms with Gasteiger partial charge in [-0.25, -0.2) is 4.98 Å². The summed E-state index contributed by atoms with van der Waals surface area (Å²) < 4.78 is 10.4. The highest BCUT2D eigenvalue weighted by Crippen LogP contribution is 2.19. The standard InChI is InChI=1S/C12H15N3O3/c1-8-14-10-6-9(2-3-11(10)18-8)15-12(16)7-17-5-4-13/h2-3,6H,4-5,7,13H2,1H3,(H,15,16). The lowest BCUT2D eigenvalue weighted by molar-refractivity contribution is -0.120. The van der Waals surface area contributed by atoms with Crippen LogP contribution in [0.4, 0.5) is 5.69 Å². The first-order valence-electron chi connectivity index (χ1n) is 5.64. The highest BCUT2D eigenvalue weighted by molar-refractivity contribution is 5.93. The van der Waals surface area contributed by atoms with Gasteiger partial charge in [-0.05, 0) is 18.2 Å². The number of rotatable bonds is 5. The predicted octanol–water partition coefficient (Wildman–Crippen LogP) is 1.05. The van der Waals surface area contributed by atoms with Gasteiger partial charge in [0.15, 0.2) is 11.5 Å². The molecule has 0 aliphatic carbocycles. The molecule has 0 spiro atoms. The van der Waals surface area contributed by atoms with Crippen molar-refractivity contribution in [1.29, 1.82) is 0 Å². The van der Waals surface area contributed by atoms with Gasteiger partial charge in [-0.15, -0.1) is 0 Å². The Morgan fingerprint density at radius 3 is 3.17 bits per heavy atom. The number of amides is 1. The van der Waals surface area contributed by atoms with Crippen molar-refractivity contribution in [2.24, 2.45) is 5.73 Å². The summed E-state index contributed by atoms with van der Waals surface area (Å²) in [7, 11) is 0. The van der Waals surface area contributed by atoms with Crippen LogP contribution in [0.25, 0.3) is 11.1 Å². The maximum Gasteiger partial charge on any atom is 0.250 e. The van der Waals surface area contributed by atoms with Crippen LogP contribution >= 0.6 is 0 Å². The Balaban J connectivity index is 2.00. The van der Waals surface area contributed by atoms with E-state index in [4.69, 9.17) is 14.9 Å². The average molecular weight is 249 g/mol. The molecule has 96 valence electrons. The van der Waals surface area contributed by atoms with Gasteiger partial charge in [-0.2, -0.15) is 0 Å². The van der Waals surface area contributed by atoms with Crippen molar-refractivity contribution in [2.75, 3.05) is 25.1 Å². The Kier molecular flexibility index (Phi) is 3.91. The van der Waals surface area contributed by atoms with Crippen molar-refractivity contribution in [2.45, 2.75) is 6.92 Å². The fourth-order valence-electron chi connectivity index (χ4n) is 1.57. The second-order valence-electron chi connectivity index (χ2n) is 3.80. The van der Waals surface area contributed by atoms with Crippen molar-refractivity contribution in [1.82, 2.24) is 4.98 Å². The predicted molar refractivity (Wildman–Crippen MR) is 67.2 cm³/mol. The molecule has 18 heavy (non-hydrogen) atoms. The molecule has 3 N–H and O–H groups in total. The van der Waals surface area contributed by atoms with E-state index in [1.54, 1.807) is 25.1 Å². The van der Waals surface area contributed by atoms with Crippen LogP contribution in [0.3, 0.4) is 0 Å². The third-order valence-electron chi connectivity index (χ3n) is 2.27. The Morgan fingerprint density at radius 2 is 2.39 bits per heavy atom. The molecule has 0 aliphatic heterocycles. The fraction of sp³-hybridized carbons (Fsp3) is 0.333. The third kappa shape index (κ3) is 3.06. The number of carbonyl (C=O) groups excluding carboxylic acids is 1. The van der Waals surface area contributed by atoms with Crippen LogP contribution in [0.5, 0.6) is 0 Å². The number of benzene rings is 1. The van der Waals surface area contributed by atoms with Crippen LogP contribution in [0.1, 0.15) is 5.89 Å². The lowest BCUT2D eigenvalue weighted by Gasteiger charge is -2.05. The van der Waals surface area contributed by atoms with E-state index in [1.807, 2.05) is 0 Å². The van der Waals surface area contributed by atoms with Crippen molar-refractivity contribution in [3.8, 4) is 0 Å². The summed E-state index contributed by atoms with van der Waals surface area (Å²) in [6.07, 6.45) is 0. The number of nitrogens with two attached hydrogens (primary N) is 1. The summed E-state index contributed by atoms with van der Waals surface area (Å²) in [6.45, 7) is 2.54. The summed E-state index contributed by atoms with van der Waals surface area (Å²) in [5, 5.41) is 2.72. The van der Waals surface area contributed by atoms with Gasteiger partial charge in [-0.1, -0.05) is 0 Å². The van der Waals surface area contributed by atoms with Crippen LogP contribution in [-0.2, 0) is 9.53 Å². The molecule has 0 saturated heterocycles. The minimum Gasteiger partial charge on any atom is -0.441 e. The van der Waals surface area contributed by atoms with Crippen LogP contribution in [0, 0.1) is 6.92 Å². The normalized spacial score (nSPS) is 10.8. The minimum atomic E-state index is -0.219. The summed E-state index contributed by atoms with van der Waals surface area (Å²) in [4.78, 5) is 15.7. The van der Waals surface area contributed by atoms with E-state index in [-0.39, 0.29) is 12.5 Å². The van der Waals surface area contributed by atoms with E-state index in [2.05, 4.69) is 10.3 Å². The topological polar surface area (TPSA) is 90.4 Å². The molecule has 1 heterocycles. The zero-order valence-electron chi connectivity index (χ0n) is 10.1. The number of nitrogens with one attached hydrogen (secondary N) is 1. The molecule has 1 aromatic carbocycles. The first-order valence-corrected chi connectivity index (χ1v) is 5.64. The van der Waals surface area contributed by atoms with Gasteiger partial charge in [-0.3, -0.25) is 4.79 Å². The molecule has 0 fully saturated rings. The Bertz CT molecular complexity index is 550. The summed E-state index contributed by atoms with van der Waals surface area (Å²) in [5.41, 5.74) is 7.34. The number of fused-ring (bicyclic) bond motifs is 1. The zero-order chi connectivity index (χ0) is 13.0. The Morgan fingerprint density at radius 1 is 1.56 bits per heavy atom. The highest BCUT2D eigenvalue weighted by atomic mass is 16.5. The van der Waals surface area contributed by atoms with Crippen LogP contribution in [0.15, 0.2) is 22.6 Å². The Hall–Kier alpha value is -1.92. The molecule has 0 saturated carbocycles. The van der Waals surface area contributed by atoms with Crippen molar-refractivity contribution < 1.29 is 13.9 Å². The second-order valence-corrected chi connectivity index (χ2v) is 3.80. The smallest absolute Gasteiger partial charge is 0.250 e. The minimum absolute atomic E-state index is 0.00686. The number of carbonyl (C=O) groups is 1. The van der Waals surface area contributed by atoms with E-state index in [0.29, 0.717) is 35.8 Å². The molecule has 1 amide bonds. The lowest BCUT2D eigenvalue weighted by atomic mass is 10.3. The lowest BCUT2D eigenvalue weighted by Crippen LogP contribution is -2.20.